The average molecular weight is 302 g/mol. The van der Waals surface area contributed by atoms with Crippen molar-refractivity contribution in [3.63, 3.8) is 0 Å². The van der Waals surface area contributed by atoms with Crippen molar-refractivity contribution in [2.75, 3.05) is 11.9 Å². The third-order valence-electron chi connectivity index (χ3n) is 3.33. The molecule has 5 nitrogen and oxygen atoms in total. The van der Waals surface area contributed by atoms with E-state index in [0.717, 1.165) is 6.42 Å². The van der Waals surface area contributed by atoms with Gasteiger partial charge in [0.2, 0.25) is 0 Å². The third kappa shape index (κ3) is 3.52. The number of halogens is 3. The molecule has 1 aliphatic carbocycles. The van der Waals surface area contributed by atoms with Gasteiger partial charge in [0.15, 0.2) is 11.6 Å². The summed E-state index contributed by atoms with van der Waals surface area (Å²) in [4.78, 5) is 23.0. The lowest BCUT2D eigenvalue weighted by Gasteiger charge is -2.36. The molecule has 0 aromatic heterocycles. The summed E-state index contributed by atoms with van der Waals surface area (Å²) in [5.74, 6) is -6.28. The van der Waals surface area contributed by atoms with Gasteiger partial charge in [0.1, 0.15) is 5.82 Å². The lowest BCUT2D eigenvalue weighted by atomic mass is 9.80. The van der Waals surface area contributed by atoms with Crippen molar-refractivity contribution in [1.82, 2.24) is 5.32 Å². The number of amides is 2. The number of hydrogen-bond acceptors (Lipinski definition) is 3. The molecule has 0 heterocycles. The lowest BCUT2D eigenvalue weighted by Crippen LogP contribution is -2.49. The molecule has 1 aromatic rings. The van der Waals surface area contributed by atoms with Crippen LogP contribution in [0.3, 0.4) is 0 Å². The molecule has 2 amide bonds. The molecule has 114 valence electrons. The largest absolute Gasteiger partial charge is 0.388 e. The highest BCUT2D eigenvalue weighted by atomic mass is 19.2. The highest BCUT2D eigenvalue weighted by Crippen LogP contribution is 2.30. The zero-order valence-corrected chi connectivity index (χ0v) is 10.9. The summed E-state index contributed by atoms with van der Waals surface area (Å²) in [5, 5.41) is 13.8. The van der Waals surface area contributed by atoms with Crippen LogP contribution in [-0.2, 0) is 9.59 Å². The summed E-state index contributed by atoms with van der Waals surface area (Å²) >= 11 is 0. The Labute approximate surface area is 118 Å². The Bertz CT molecular complexity index is 588. The molecule has 8 heteroatoms. The van der Waals surface area contributed by atoms with Crippen molar-refractivity contribution in [3.8, 4) is 0 Å². The van der Waals surface area contributed by atoms with Crippen LogP contribution in [0, 0.1) is 17.5 Å². The van der Waals surface area contributed by atoms with Crippen LogP contribution in [0.1, 0.15) is 19.3 Å². The number of hydrogen-bond donors (Lipinski definition) is 3. The van der Waals surface area contributed by atoms with E-state index in [1.54, 1.807) is 0 Å². The average Bonchev–Trinajstić information content (AvgIpc) is 2.39. The van der Waals surface area contributed by atoms with Gasteiger partial charge in [-0.3, -0.25) is 9.59 Å². The minimum atomic E-state index is -1.40. The van der Waals surface area contributed by atoms with Gasteiger partial charge in [-0.05, 0) is 19.3 Å². The molecule has 1 fully saturated rings. The fourth-order valence-electron chi connectivity index (χ4n) is 1.88. The Morgan fingerprint density at radius 3 is 2.29 bits per heavy atom. The van der Waals surface area contributed by atoms with Crippen LogP contribution < -0.4 is 10.6 Å². The monoisotopic (exact) mass is 302 g/mol. The van der Waals surface area contributed by atoms with Gasteiger partial charge in [-0.1, -0.05) is 0 Å². The van der Waals surface area contributed by atoms with Crippen molar-refractivity contribution in [2.45, 2.75) is 24.9 Å². The van der Waals surface area contributed by atoms with Crippen LogP contribution in [-0.4, -0.2) is 29.1 Å². The van der Waals surface area contributed by atoms with E-state index in [0.29, 0.717) is 18.9 Å². The molecule has 0 radical (unpaired) electrons. The standard InChI is InChI=1S/C13H13F3N2O3/c14-7-4-9(16)10(5-8(7)15)18-12(20)11(19)17-6-13(21)2-1-3-13/h4-5,21H,1-3,6H2,(H,17,19)(H,18,20). The Morgan fingerprint density at radius 2 is 1.71 bits per heavy atom. The lowest BCUT2D eigenvalue weighted by molar-refractivity contribution is -0.137. The zero-order chi connectivity index (χ0) is 15.6. The maximum atomic E-state index is 13.3. The van der Waals surface area contributed by atoms with Gasteiger partial charge in [0.25, 0.3) is 0 Å². The molecule has 1 aromatic carbocycles. The van der Waals surface area contributed by atoms with Crippen molar-refractivity contribution in [3.05, 3.63) is 29.6 Å². The minimum Gasteiger partial charge on any atom is -0.388 e. The van der Waals surface area contributed by atoms with Crippen LogP contribution >= 0.6 is 0 Å². The molecule has 1 saturated carbocycles. The number of nitrogens with one attached hydrogen (secondary N) is 2. The van der Waals surface area contributed by atoms with Crippen molar-refractivity contribution < 1.29 is 27.9 Å². The van der Waals surface area contributed by atoms with Crippen LogP contribution in [0.2, 0.25) is 0 Å². The first-order chi connectivity index (χ1) is 9.81. The van der Waals surface area contributed by atoms with Gasteiger partial charge in [-0.2, -0.15) is 0 Å². The zero-order valence-electron chi connectivity index (χ0n) is 10.9. The van der Waals surface area contributed by atoms with E-state index in [9.17, 15) is 27.9 Å². The Balaban J connectivity index is 1.94. The first kappa shape index (κ1) is 15.3. The number of carbonyl (C=O) groups is 2. The molecule has 0 spiro atoms. The molecule has 0 atom stereocenters. The van der Waals surface area contributed by atoms with Crippen molar-refractivity contribution in [2.24, 2.45) is 0 Å². The molecule has 21 heavy (non-hydrogen) atoms. The second-order valence-electron chi connectivity index (χ2n) is 4.96. The second-order valence-corrected chi connectivity index (χ2v) is 4.96. The first-order valence-corrected chi connectivity index (χ1v) is 6.27. The first-order valence-electron chi connectivity index (χ1n) is 6.27. The van der Waals surface area contributed by atoms with E-state index in [4.69, 9.17) is 0 Å². The molecular weight excluding hydrogens is 289 g/mol. The Hall–Kier alpha value is -2.09. The molecule has 0 aliphatic heterocycles. The third-order valence-corrected chi connectivity index (χ3v) is 3.33. The summed E-state index contributed by atoms with van der Waals surface area (Å²) in [6.07, 6.45) is 1.87. The Kier molecular flexibility index (Phi) is 4.17. The molecule has 2 rings (SSSR count). The molecule has 3 N–H and O–H groups in total. The highest BCUT2D eigenvalue weighted by Gasteiger charge is 2.35. The normalized spacial score (nSPS) is 16.0. The van der Waals surface area contributed by atoms with Crippen LogP contribution in [0.15, 0.2) is 12.1 Å². The Morgan fingerprint density at radius 1 is 1.10 bits per heavy atom. The van der Waals surface area contributed by atoms with Gasteiger partial charge < -0.3 is 15.7 Å². The number of anilines is 1. The fourth-order valence-corrected chi connectivity index (χ4v) is 1.88. The second kappa shape index (κ2) is 5.72. The maximum Gasteiger partial charge on any atom is 0.313 e. The van der Waals surface area contributed by atoms with E-state index in [-0.39, 0.29) is 12.6 Å². The van der Waals surface area contributed by atoms with Gasteiger partial charge in [-0.25, -0.2) is 13.2 Å². The number of benzene rings is 1. The van der Waals surface area contributed by atoms with E-state index in [1.165, 1.54) is 0 Å². The van der Waals surface area contributed by atoms with E-state index < -0.39 is 40.6 Å². The van der Waals surface area contributed by atoms with Crippen molar-refractivity contribution >= 4 is 17.5 Å². The van der Waals surface area contributed by atoms with Gasteiger partial charge in [0.05, 0.1) is 11.3 Å². The predicted octanol–water partition coefficient (Wildman–Crippen LogP) is 1.07. The predicted molar refractivity (Wildman–Crippen MR) is 66.8 cm³/mol. The topological polar surface area (TPSA) is 78.4 Å². The molecular formula is C13H13F3N2O3. The van der Waals surface area contributed by atoms with E-state index in [1.807, 2.05) is 5.32 Å². The van der Waals surface area contributed by atoms with Crippen LogP contribution in [0.25, 0.3) is 0 Å². The van der Waals surface area contributed by atoms with Crippen LogP contribution in [0.5, 0.6) is 0 Å². The molecule has 0 bridgehead atoms. The summed E-state index contributed by atoms with van der Waals surface area (Å²) in [7, 11) is 0. The number of aliphatic hydroxyl groups is 1. The molecule has 0 saturated heterocycles. The summed E-state index contributed by atoms with van der Waals surface area (Å²) in [6, 6.07) is 0.704. The SMILES string of the molecule is O=C(NCC1(O)CCC1)C(=O)Nc1cc(F)c(F)cc1F. The number of carbonyl (C=O) groups excluding carboxylic acids is 2. The number of rotatable bonds is 3. The summed E-state index contributed by atoms with van der Waals surface area (Å²) < 4.78 is 39.0. The quantitative estimate of drug-likeness (QED) is 0.577. The van der Waals surface area contributed by atoms with Crippen molar-refractivity contribution in [1.29, 1.82) is 0 Å². The van der Waals surface area contributed by atoms with Gasteiger partial charge in [-0.15, -0.1) is 0 Å². The van der Waals surface area contributed by atoms with E-state index >= 15 is 0 Å². The molecule has 0 unspecified atom stereocenters. The summed E-state index contributed by atoms with van der Waals surface area (Å²) in [5.41, 5.74) is -1.65. The van der Waals surface area contributed by atoms with Gasteiger partial charge in [0, 0.05) is 18.7 Å². The van der Waals surface area contributed by atoms with Gasteiger partial charge >= 0.3 is 11.8 Å². The smallest absolute Gasteiger partial charge is 0.313 e. The highest BCUT2D eigenvalue weighted by molar-refractivity contribution is 6.39. The van der Waals surface area contributed by atoms with Crippen LogP contribution in [0.4, 0.5) is 18.9 Å². The fraction of sp³-hybridized carbons (Fsp3) is 0.385. The summed E-state index contributed by atoms with van der Waals surface area (Å²) in [6.45, 7) is -0.0977. The minimum absolute atomic E-state index is 0.0977. The van der Waals surface area contributed by atoms with E-state index in [2.05, 4.69) is 5.32 Å². The maximum absolute atomic E-state index is 13.3. The molecule has 1 aliphatic rings.